The maximum absolute atomic E-state index is 13.2. The molecule has 2 aromatic rings. The van der Waals surface area contributed by atoms with Gasteiger partial charge in [-0.1, -0.05) is 41.9 Å². The third-order valence-electron chi connectivity index (χ3n) is 5.69. The number of benzene rings is 2. The molecule has 0 aliphatic carbocycles. The highest BCUT2D eigenvalue weighted by Crippen LogP contribution is 2.30. The van der Waals surface area contributed by atoms with Crippen LogP contribution in [0.15, 0.2) is 53.4 Å². The molecule has 1 aliphatic rings. The minimum atomic E-state index is -3.74. The van der Waals surface area contributed by atoms with Crippen molar-refractivity contribution in [1.82, 2.24) is 9.62 Å². The van der Waals surface area contributed by atoms with Crippen molar-refractivity contribution >= 4 is 27.5 Å². The number of ether oxygens (including phenoxy) is 1. The molecule has 2 aromatic carbocycles. The molecule has 2 atom stereocenters. The number of rotatable bonds is 9. The Morgan fingerprint density at radius 3 is 2.69 bits per heavy atom. The first-order valence-electron chi connectivity index (χ1n) is 11.1. The SMILES string of the molecule is CCOc1ccc(S(=O)(=O)N2CCC[C@H](C(=O)N[C@@H](C)CCc3ccccc3)C2)cc1Cl. The van der Waals surface area contributed by atoms with E-state index in [1.165, 1.54) is 22.0 Å². The predicted molar refractivity (Wildman–Crippen MR) is 126 cm³/mol. The second-order valence-corrected chi connectivity index (χ2v) is 10.5. The van der Waals surface area contributed by atoms with Crippen LogP contribution in [0, 0.1) is 5.92 Å². The van der Waals surface area contributed by atoms with Gasteiger partial charge in [-0.2, -0.15) is 4.31 Å². The molecule has 0 saturated carbocycles. The van der Waals surface area contributed by atoms with E-state index >= 15 is 0 Å². The summed E-state index contributed by atoms with van der Waals surface area (Å²) >= 11 is 6.19. The van der Waals surface area contributed by atoms with E-state index in [0.717, 1.165) is 12.8 Å². The summed E-state index contributed by atoms with van der Waals surface area (Å²) in [6.07, 6.45) is 3.02. The van der Waals surface area contributed by atoms with Crippen LogP contribution >= 0.6 is 11.6 Å². The van der Waals surface area contributed by atoms with E-state index in [1.807, 2.05) is 32.0 Å². The van der Waals surface area contributed by atoms with Gasteiger partial charge in [-0.15, -0.1) is 0 Å². The van der Waals surface area contributed by atoms with Crippen molar-refractivity contribution in [2.75, 3.05) is 19.7 Å². The highest BCUT2D eigenvalue weighted by molar-refractivity contribution is 7.89. The van der Waals surface area contributed by atoms with Crippen LogP contribution in [0.5, 0.6) is 5.75 Å². The molecule has 1 fully saturated rings. The van der Waals surface area contributed by atoms with E-state index in [0.29, 0.717) is 31.7 Å². The van der Waals surface area contributed by atoms with Crippen LogP contribution in [0.2, 0.25) is 5.02 Å². The van der Waals surface area contributed by atoms with E-state index in [9.17, 15) is 13.2 Å². The molecule has 0 radical (unpaired) electrons. The van der Waals surface area contributed by atoms with Gasteiger partial charge in [0, 0.05) is 19.1 Å². The summed E-state index contributed by atoms with van der Waals surface area (Å²) < 4.78 is 33.1. The Hall–Kier alpha value is -2.09. The maximum Gasteiger partial charge on any atom is 0.243 e. The number of hydrogen-bond acceptors (Lipinski definition) is 4. The first-order valence-corrected chi connectivity index (χ1v) is 12.9. The maximum atomic E-state index is 13.2. The Morgan fingerprint density at radius 1 is 1.25 bits per heavy atom. The molecule has 6 nitrogen and oxygen atoms in total. The lowest BCUT2D eigenvalue weighted by Gasteiger charge is -2.32. The van der Waals surface area contributed by atoms with E-state index < -0.39 is 10.0 Å². The number of sulfonamides is 1. The second-order valence-electron chi connectivity index (χ2n) is 8.16. The van der Waals surface area contributed by atoms with Crippen molar-refractivity contribution in [3.05, 3.63) is 59.1 Å². The van der Waals surface area contributed by atoms with Crippen LogP contribution in [0.25, 0.3) is 0 Å². The molecule has 0 bridgehead atoms. The molecule has 1 heterocycles. The van der Waals surface area contributed by atoms with Crippen LogP contribution in [0.4, 0.5) is 0 Å². The fourth-order valence-electron chi connectivity index (χ4n) is 3.90. The van der Waals surface area contributed by atoms with Crippen LogP contribution in [-0.2, 0) is 21.2 Å². The predicted octanol–water partition coefficient (Wildman–Crippen LogP) is 4.28. The fraction of sp³-hybridized carbons (Fsp3) is 0.458. The van der Waals surface area contributed by atoms with Crippen LogP contribution in [0.3, 0.4) is 0 Å². The lowest BCUT2D eigenvalue weighted by molar-refractivity contribution is -0.126. The first-order chi connectivity index (χ1) is 15.3. The molecular weight excluding hydrogens is 448 g/mol. The lowest BCUT2D eigenvalue weighted by Crippen LogP contribution is -2.47. The summed E-state index contributed by atoms with van der Waals surface area (Å²) in [6, 6.07) is 14.6. The van der Waals surface area contributed by atoms with E-state index in [2.05, 4.69) is 17.4 Å². The molecule has 1 aliphatic heterocycles. The normalized spacial score (nSPS) is 18.2. The minimum Gasteiger partial charge on any atom is -0.492 e. The molecule has 174 valence electrons. The quantitative estimate of drug-likeness (QED) is 0.583. The monoisotopic (exact) mass is 478 g/mol. The number of carbonyl (C=O) groups excluding carboxylic acids is 1. The van der Waals surface area contributed by atoms with Crippen LogP contribution in [0.1, 0.15) is 38.7 Å². The Kier molecular flexibility index (Phi) is 8.57. The van der Waals surface area contributed by atoms with E-state index in [1.54, 1.807) is 6.07 Å². The van der Waals surface area contributed by atoms with Crippen molar-refractivity contribution < 1.29 is 17.9 Å². The zero-order valence-electron chi connectivity index (χ0n) is 18.6. The highest BCUT2D eigenvalue weighted by atomic mass is 35.5. The lowest BCUT2D eigenvalue weighted by atomic mass is 9.98. The van der Waals surface area contributed by atoms with Gasteiger partial charge in [0.25, 0.3) is 0 Å². The smallest absolute Gasteiger partial charge is 0.243 e. The average molecular weight is 479 g/mol. The summed E-state index contributed by atoms with van der Waals surface area (Å²) in [6.45, 7) is 4.83. The van der Waals surface area contributed by atoms with Gasteiger partial charge in [-0.3, -0.25) is 4.79 Å². The number of piperidine rings is 1. The molecule has 32 heavy (non-hydrogen) atoms. The van der Waals surface area contributed by atoms with E-state index in [4.69, 9.17) is 16.3 Å². The summed E-state index contributed by atoms with van der Waals surface area (Å²) in [7, 11) is -3.74. The molecule has 1 amide bonds. The van der Waals surface area contributed by atoms with Gasteiger partial charge < -0.3 is 10.1 Å². The van der Waals surface area contributed by atoms with Crippen molar-refractivity contribution in [1.29, 1.82) is 0 Å². The molecule has 1 N–H and O–H groups in total. The summed E-state index contributed by atoms with van der Waals surface area (Å²) in [5.41, 5.74) is 1.23. The molecule has 0 aromatic heterocycles. The molecule has 1 saturated heterocycles. The number of amides is 1. The Labute approximate surface area is 196 Å². The molecule has 3 rings (SSSR count). The highest BCUT2D eigenvalue weighted by Gasteiger charge is 2.34. The number of hydrogen-bond donors (Lipinski definition) is 1. The van der Waals surface area contributed by atoms with Crippen molar-refractivity contribution in [2.45, 2.75) is 50.5 Å². The standard InChI is InChI=1S/C24H31ClN2O4S/c1-3-31-23-14-13-21(16-22(23)25)32(29,30)27-15-7-10-20(17-27)24(28)26-18(2)11-12-19-8-5-4-6-9-19/h4-6,8-9,13-14,16,18,20H,3,7,10-12,15,17H2,1-2H3,(H,26,28)/t18-,20-/m0/s1. The van der Waals surface area contributed by atoms with E-state index in [-0.39, 0.29) is 34.3 Å². The van der Waals surface area contributed by atoms with Crippen molar-refractivity contribution in [3.63, 3.8) is 0 Å². The molecule has 0 unspecified atom stereocenters. The second kappa shape index (κ2) is 11.2. The minimum absolute atomic E-state index is 0.0135. The van der Waals surface area contributed by atoms with Crippen LogP contribution in [-0.4, -0.2) is 44.4 Å². The van der Waals surface area contributed by atoms with Gasteiger partial charge in [0.05, 0.1) is 22.4 Å². The summed E-state index contributed by atoms with van der Waals surface area (Å²) in [4.78, 5) is 12.9. The number of nitrogens with one attached hydrogen (secondary N) is 1. The largest absolute Gasteiger partial charge is 0.492 e. The average Bonchev–Trinajstić information content (AvgIpc) is 2.80. The Morgan fingerprint density at radius 2 is 2.00 bits per heavy atom. The van der Waals surface area contributed by atoms with Gasteiger partial charge in [-0.25, -0.2) is 8.42 Å². The Balaban J connectivity index is 1.60. The van der Waals surface area contributed by atoms with Gasteiger partial charge in [0.2, 0.25) is 15.9 Å². The number of halogens is 1. The molecular formula is C24H31ClN2O4S. The Bertz CT molecular complexity index is 1010. The number of carbonyl (C=O) groups is 1. The summed E-state index contributed by atoms with van der Waals surface area (Å²) in [5, 5.41) is 3.32. The third-order valence-corrected chi connectivity index (χ3v) is 7.85. The van der Waals surface area contributed by atoms with Crippen LogP contribution < -0.4 is 10.1 Å². The van der Waals surface area contributed by atoms with Crippen molar-refractivity contribution in [2.24, 2.45) is 5.92 Å². The number of aryl methyl sites for hydroxylation is 1. The first kappa shape index (κ1) is 24.6. The molecule has 0 spiro atoms. The summed E-state index contributed by atoms with van der Waals surface area (Å²) in [5.74, 6) is -0.000404. The van der Waals surface area contributed by atoms with Gasteiger partial charge >= 0.3 is 0 Å². The molecule has 8 heteroatoms. The van der Waals surface area contributed by atoms with Gasteiger partial charge in [0.1, 0.15) is 5.75 Å². The zero-order chi connectivity index (χ0) is 23.1. The third kappa shape index (κ3) is 6.24. The number of nitrogens with zero attached hydrogens (tertiary/aromatic N) is 1. The topological polar surface area (TPSA) is 75.7 Å². The van der Waals surface area contributed by atoms with Gasteiger partial charge in [0.15, 0.2) is 0 Å². The fourth-order valence-corrected chi connectivity index (χ4v) is 5.75. The zero-order valence-corrected chi connectivity index (χ0v) is 20.2. The van der Waals surface area contributed by atoms with Gasteiger partial charge in [-0.05, 0) is 63.3 Å². The van der Waals surface area contributed by atoms with Crippen molar-refractivity contribution in [3.8, 4) is 5.75 Å².